The summed E-state index contributed by atoms with van der Waals surface area (Å²) >= 11 is 0. The lowest BCUT2D eigenvalue weighted by Crippen LogP contribution is -2.45. The third-order valence-corrected chi connectivity index (χ3v) is 4.00. The SMILES string of the molecule is CCCCC[C@H](c1ccc(F)c(F)c1)N1CCNCC1.Cl.Cl. The van der Waals surface area contributed by atoms with Gasteiger partial charge in [0.25, 0.3) is 0 Å². The summed E-state index contributed by atoms with van der Waals surface area (Å²) in [5.74, 6) is -1.50. The van der Waals surface area contributed by atoms with Crippen molar-refractivity contribution in [3.63, 3.8) is 0 Å². The zero-order chi connectivity index (χ0) is 14.4. The van der Waals surface area contributed by atoms with E-state index in [-0.39, 0.29) is 30.9 Å². The second-order valence-corrected chi connectivity index (χ2v) is 5.47. The fraction of sp³-hybridized carbons (Fsp3) is 0.625. The molecular weight excluding hydrogens is 329 g/mol. The zero-order valence-corrected chi connectivity index (χ0v) is 14.6. The van der Waals surface area contributed by atoms with Crippen LogP contribution in [0.5, 0.6) is 0 Å². The van der Waals surface area contributed by atoms with Gasteiger partial charge in [-0.2, -0.15) is 0 Å². The molecule has 1 heterocycles. The largest absolute Gasteiger partial charge is 0.314 e. The minimum absolute atomic E-state index is 0. The van der Waals surface area contributed by atoms with Gasteiger partial charge in [0.05, 0.1) is 0 Å². The van der Waals surface area contributed by atoms with E-state index in [0.717, 1.165) is 44.6 Å². The monoisotopic (exact) mass is 354 g/mol. The number of nitrogens with zero attached hydrogens (tertiary/aromatic N) is 1. The molecule has 1 aromatic rings. The third kappa shape index (κ3) is 5.99. The van der Waals surface area contributed by atoms with Crippen molar-refractivity contribution in [2.24, 2.45) is 0 Å². The molecule has 0 aromatic heterocycles. The molecule has 2 nitrogen and oxygen atoms in total. The first-order chi connectivity index (χ1) is 9.72. The normalized spacial score (nSPS) is 16.5. The number of rotatable bonds is 6. The summed E-state index contributed by atoms with van der Waals surface area (Å²) in [7, 11) is 0. The lowest BCUT2D eigenvalue weighted by molar-refractivity contribution is 0.162. The molecule has 1 fully saturated rings. The van der Waals surface area contributed by atoms with E-state index in [1.807, 2.05) is 0 Å². The quantitative estimate of drug-likeness (QED) is 0.764. The van der Waals surface area contributed by atoms with Gasteiger partial charge in [0.1, 0.15) is 0 Å². The Morgan fingerprint density at radius 1 is 1.09 bits per heavy atom. The van der Waals surface area contributed by atoms with E-state index >= 15 is 0 Å². The van der Waals surface area contributed by atoms with Gasteiger partial charge in [0.15, 0.2) is 11.6 Å². The van der Waals surface area contributed by atoms with Gasteiger partial charge in [-0.25, -0.2) is 8.78 Å². The molecule has 2 rings (SSSR count). The minimum atomic E-state index is -0.763. The summed E-state index contributed by atoms with van der Waals surface area (Å²) in [6.45, 7) is 6.05. The zero-order valence-electron chi connectivity index (χ0n) is 13.0. The first-order valence-electron chi connectivity index (χ1n) is 7.62. The van der Waals surface area contributed by atoms with Crippen LogP contribution in [-0.4, -0.2) is 31.1 Å². The Morgan fingerprint density at radius 2 is 1.77 bits per heavy atom. The van der Waals surface area contributed by atoms with Gasteiger partial charge in [-0.1, -0.05) is 32.3 Å². The molecule has 6 heteroatoms. The van der Waals surface area contributed by atoms with Gasteiger partial charge in [0, 0.05) is 32.2 Å². The van der Waals surface area contributed by atoms with Crippen molar-refractivity contribution in [3.8, 4) is 0 Å². The standard InChI is InChI=1S/C16H24F2N2.2ClH/c1-2-3-4-5-16(20-10-8-19-9-11-20)13-6-7-14(17)15(18)12-13;;/h6-7,12,16,19H,2-5,8-11H2,1H3;2*1H/t16-;;/m1../s1. The molecule has 0 amide bonds. The van der Waals surface area contributed by atoms with E-state index in [9.17, 15) is 8.78 Å². The van der Waals surface area contributed by atoms with Crippen LogP contribution in [0.3, 0.4) is 0 Å². The highest BCUT2D eigenvalue weighted by molar-refractivity contribution is 5.85. The van der Waals surface area contributed by atoms with Crippen molar-refractivity contribution in [2.75, 3.05) is 26.2 Å². The maximum atomic E-state index is 13.5. The van der Waals surface area contributed by atoms with Crippen molar-refractivity contribution in [2.45, 2.75) is 38.6 Å². The Balaban J connectivity index is 0.00000220. The highest BCUT2D eigenvalue weighted by Crippen LogP contribution is 2.28. The minimum Gasteiger partial charge on any atom is -0.314 e. The van der Waals surface area contributed by atoms with Crippen molar-refractivity contribution in [1.29, 1.82) is 0 Å². The van der Waals surface area contributed by atoms with Crippen LogP contribution in [0.4, 0.5) is 8.78 Å². The molecule has 0 saturated carbocycles. The fourth-order valence-corrected chi connectivity index (χ4v) is 2.86. The van der Waals surface area contributed by atoms with E-state index in [1.165, 1.54) is 25.0 Å². The van der Waals surface area contributed by atoms with E-state index in [2.05, 4.69) is 17.1 Å². The van der Waals surface area contributed by atoms with Gasteiger partial charge in [-0.05, 0) is 24.1 Å². The van der Waals surface area contributed by atoms with Gasteiger partial charge in [-0.15, -0.1) is 24.8 Å². The molecule has 1 saturated heterocycles. The van der Waals surface area contributed by atoms with Crippen molar-refractivity contribution < 1.29 is 8.78 Å². The third-order valence-electron chi connectivity index (χ3n) is 4.00. The first kappa shape index (κ1) is 21.6. The van der Waals surface area contributed by atoms with E-state index in [1.54, 1.807) is 6.07 Å². The van der Waals surface area contributed by atoms with Crippen LogP contribution in [0.1, 0.15) is 44.2 Å². The molecule has 0 unspecified atom stereocenters. The van der Waals surface area contributed by atoms with Crippen molar-refractivity contribution >= 4 is 24.8 Å². The molecule has 128 valence electrons. The first-order valence-corrected chi connectivity index (χ1v) is 7.62. The Kier molecular flexibility index (Phi) is 11.0. The summed E-state index contributed by atoms with van der Waals surface area (Å²) < 4.78 is 26.6. The molecule has 1 atom stereocenters. The topological polar surface area (TPSA) is 15.3 Å². The summed E-state index contributed by atoms with van der Waals surface area (Å²) in [5, 5.41) is 3.33. The Morgan fingerprint density at radius 3 is 2.36 bits per heavy atom. The van der Waals surface area contributed by atoms with Crippen LogP contribution in [0, 0.1) is 11.6 Å². The molecular formula is C16H26Cl2F2N2. The molecule has 1 aliphatic rings. The number of unbranched alkanes of at least 4 members (excludes halogenated alkanes) is 2. The summed E-state index contributed by atoms with van der Waals surface area (Å²) in [5.41, 5.74) is 0.905. The number of halogens is 4. The molecule has 0 aliphatic carbocycles. The molecule has 1 N–H and O–H groups in total. The van der Waals surface area contributed by atoms with Crippen LogP contribution in [0.2, 0.25) is 0 Å². The van der Waals surface area contributed by atoms with Crippen molar-refractivity contribution in [3.05, 3.63) is 35.4 Å². The van der Waals surface area contributed by atoms with Crippen LogP contribution >= 0.6 is 24.8 Å². The van der Waals surface area contributed by atoms with Crippen LogP contribution in [-0.2, 0) is 0 Å². The Bertz CT molecular complexity index is 427. The Hall–Kier alpha value is -0.420. The lowest BCUT2D eigenvalue weighted by Gasteiger charge is -2.35. The van der Waals surface area contributed by atoms with Crippen LogP contribution in [0.25, 0.3) is 0 Å². The maximum absolute atomic E-state index is 13.5. The lowest BCUT2D eigenvalue weighted by atomic mass is 9.98. The number of hydrogen-bond acceptors (Lipinski definition) is 2. The average molecular weight is 355 g/mol. The van der Waals surface area contributed by atoms with Gasteiger partial charge < -0.3 is 5.32 Å². The van der Waals surface area contributed by atoms with Gasteiger partial charge in [0.2, 0.25) is 0 Å². The Labute approximate surface area is 144 Å². The summed E-state index contributed by atoms with van der Waals surface area (Å²) in [4.78, 5) is 2.39. The average Bonchev–Trinajstić information content (AvgIpc) is 2.48. The molecule has 0 bridgehead atoms. The fourth-order valence-electron chi connectivity index (χ4n) is 2.86. The molecule has 0 spiro atoms. The maximum Gasteiger partial charge on any atom is 0.159 e. The number of benzene rings is 1. The molecule has 1 aliphatic heterocycles. The number of hydrogen-bond donors (Lipinski definition) is 1. The highest BCUT2D eigenvalue weighted by atomic mass is 35.5. The molecule has 22 heavy (non-hydrogen) atoms. The van der Waals surface area contributed by atoms with Gasteiger partial charge in [-0.3, -0.25) is 4.90 Å². The predicted molar refractivity (Wildman–Crippen MR) is 92.2 cm³/mol. The van der Waals surface area contributed by atoms with Gasteiger partial charge >= 0.3 is 0 Å². The van der Waals surface area contributed by atoms with Crippen LogP contribution < -0.4 is 5.32 Å². The van der Waals surface area contributed by atoms with Crippen molar-refractivity contribution in [1.82, 2.24) is 10.2 Å². The predicted octanol–water partition coefficient (Wildman–Crippen LogP) is 4.34. The smallest absolute Gasteiger partial charge is 0.159 e. The summed E-state index contributed by atoms with van der Waals surface area (Å²) in [6, 6.07) is 4.56. The van der Waals surface area contributed by atoms with E-state index < -0.39 is 11.6 Å². The second kappa shape index (κ2) is 11.2. The van der Waals surface area contributed by atoms with Crippen LogP contribution in [0.15, 0.2) is 18.2 Å². The molecule has 0 radical (unpaired) electrons. The summed E-state index contributed by atoms with van der Waals surface area (Å²) in [6.07, 6.45) is 4.50. The highest BCUT2D eigenvalue weighted by Gasteiger charge is 2.22. The number of nitrogens with one attached hydrogen (secondary N) is 1. The van der Waals surface area contributed by atoms with E-state index in [0.29, 0.717) is 0 Å². The second-order valence-electron chi connectivity index (χ2n) is 5.47. The molecule has 1 aromatic carbocycles. The number of piperazine rings is 1. The van der Waals surface area contributed by atoms with E-state index in [4.69, 9.17) is 0 Å².